The Bertz CT molecular complexity index is 1190. The molecule has 0 N–H and O–H groups in total. The summed E-state index contributed by atoms with van der Waals surface area (Å²) < 4.78 is 23.2. The number of rotatable bonds is 9. The van der Waals surface area contributed by atoms with Crippen LogP contribution >= 0.6 is 0 Å². The van der Waals surface area contributed by atoms with Gasteiger partial charge in [-0.15, -0.1) is 0 Å². The molecule has 0 spiro atoms. The van der Waals surface area contributed by atoms with Crippen molar-refractivity contribution in [3.05, 3.63) is 82.9 Å². The van der Waals surface area contributed by atoms with Crippen LogP contribution < -0.4 is 18.9 Å². The van der Waals surface area contributed by atoms with Gasteiger partial charge in [-0.25, -0.2) is 0 Å². The van der Waals surface area contributed by atoms with Crippen molar-refractivity contribution in [2.45, 2.75) is 39.2 Å². The third kappa shape index (κ3) is 5.27. The van der Waals surface area contributed by atoms with Crippen molar-refractivity contribution in [3.63, 3.8) is 0 Å². The maximum Gasteiger partial charge on any atom is 0.258 e. The molecule has 4 rings (SSSR count). The summed E-state index contributed by atoms with van der Waals surface area (Å²) in [4.78, 5) is 15.7. The Kier molecular flexibility index (Phi) is 8.04. The summed E-state index contributed by atoms with van der Waals surface area (Å²) in [5.41, 5.74) is 3.93. The molecule has 1 aliphatic rings. The summed E-state index contributed by atoms with van der Waals surface area (Å²) in [7, 11) is 3.26. The third-order valence-electron chi connectivity index (χ3n) is 6.64. The molecule has 0 aromatic heterocycles. The van der Waals surface area contributed by atoms with Crippen LogP contribution in [0, 0.1) is 0 Å². The molecule has 190 valence electrons. The molecule has 0 aliphatic carbocycles. The first-order valence-corrected chi connectivity index (χ1v) is 12.5. The van der Waals surface area contributed by atoms with Crippen molar-refractivity contribution in [1.82, 2.24) is 4.90 Å². The molecule has 1 heterocycles. The fourth-order valence-corrected chi connectivity index (χ4v) is 4.65. The van der Waals surface area contributed by atoms with Gasteiger partial charge in [0.05, 0.1) is 32.4 Å². The number of fused-ring (bicyclic) bond motifs is 1. The predicted octanol–water partition coefficient (Wildman–Crippen LogP) is 6.04. The van der Waals surface area contributed by atoms with Crippen LogP contribution in [0.25, 0.3) is 0 Å². The average Bonchev–Trinajstić information content (AvgIpc) is 2.91. The number of benzene rings is 3. The molecular weight excluding hydrogens is 454 g/mol. The highest BCUT2D eigenvalue weighted by Crippen LogP contribution is 2.39. The van der Waals surface area contributed by atoms with Gasteiger partial charge in [0.15, 0.2) is 11.5 Å². The van der Waals surface area contributed by atoms with E-state index in [-0.39, 0.29) is 11.9 Å². The van der Waals surface area contributed by atoms with Gasteiger partial charge >= 0.3 is 0 Å². The molecule has 1 unspecified atom stereocenters. The Morgan fingerprint density at radius 3 is 2.31 bits per heavy atom. The highest BCUT2D eigenvalue weighted by atomic mass is 16.5. The molecule has 3 aromatic rings. The van der Waals surface area contributed by atoms with Gasteiger partial charge in [-0.05, 0) is 72.4 Å². The lowest BCUT2D eigenvalue weighted by Crippen LogP contribution is -2.42. The minimum atomic E-state index is -0.305. The fourth-order valence-electron chi connectivity index (χ4n) is 4.65. The summed E-state index contributed by atoms with van der Waals surface area (Å²) in [6.07, 6.45) is 0.706. The monoisotopic (exact) mass is 489 g/mol. The van der Waals surface area contributed by atoms with Gasteiger partial charge < -0.3 is 23.8 Å². The summed E-state index contributed by atoms with van der Waals surface area (Å²) in [5.74, 6) is 3.04. The molecule has 1 atom stereocenters. The number of nitrogens with zero attached hydrogens (tertiary/aromatic N) is 1. The minimum absolute atomic E-state index is 0.0803. The van der Waals surface area contributed by atoms with Crippen molar-refractivity contribution in [2.75, 3.05) is 34.0 Å². The van der Waals surface area contributed by atoms with E-state index >= 15 is 0 Å². The van der Waals surface area contributed by atoms with E-state index in [4.69, 9.17) is 18.9 Å². The Morgan fingerprint density at radius 1 is 0.944 bits per heavy atom. The Hall–Kier alpha value is -3.67. The number of hydrogen-bond acceptors (Lipinski definition) is 5. The number of carbonyl (C=O) groups excluding carboxylic acids is 1. The van der Waals surface area contributed by atoms with Crippen molar-refractivity contribution in [3.8, 4) is 23.0 Å². The van der Waals surface area contributed by atoms with Crippen molar-refractivity contribution in [1.29, 1.82) is 0 Å². The molecule has 0 saturated carbocycles. The van der Waals surface area contributed by atoms with Crippen molar-refractivity contribution in [2.24, 2.45) is 0 Å². The lowest BCUT2D eigenvalue weighted by atomic mass is 9.91. The van der Waals surface area contributed by atoms with E-state index < -0.39 is 0 Å². The zero-order chi connectivity index (χ0) is 25.7. The van der Waals surface area contributed by atoms with Gasteiger partial charge in [-0.3, -0.25) is 4.79 Å². The number of hydrogen-bond donors (Lipinski definition) is 0. The maximum absolute atomic E-state index is 13.9. The van der Waals surface area contributed by atoms with Crippen molar-refractivity contribution >= 4 is 5.91 Å². The number of amides is 1. The van der Waals surface area contributed by atoms with Crippen LogP contribution in [0.15, 0.2) is 60.7 Å². The number of ether oxygens (including phenoxy) is 4. The van der Waals surface area contributed by atoms with E-state index in [1.54, 1.807) is 14.2 Å². The van der Waals surface area contributed by atoms with Crippen LogP contribution in [0.2, 0.25) is 0 Å². The number of carbonyl (C=O) groups is 1. The third-order valence-corrected chi connectivity index (χ3v) is 6.64. The summed E-state index contributed by atoms with van der Waals surface area (Å²) in [6, 6.07) is 19.2. The number of methoxy groups -OCH3 is 2. The van der Waals surface area contributed by atoms with E-state index in [9.17, 15) is 4.79 Å². The maximum atomic E-state index is 13.9. The topological polar surface area (TPSA) is 57.2 Å². The zero-order valence-electron chi connectivity index (χ0n) is 21.7. The van der Waals surface area contributed by atoms with E-state index in [0.29, 0.717) is 54.9 Å². The molecule has 0 bridgehead atoms. The Balaban J connectivity index is 1.69. The van der Waals surface area contributed by atoms with Crippen LogP contribution in [0.1, 0.15) is 59.8 Å². The largest absolute Gasteiger partial charge is 0.493 e. The van der Waals surface area contributed by atoms with E-state index in [1.165, 1.54) is 5.56 Å². The van der Waals surface area contributed by atoms with E-state index in [1.807, 2.05) is 60.4 Å². The first-order valence-electron chi connectivity index (χ1n) is 12.5. The Morgan fingerprint density at radius 2 is 1.64 bits per heavy atom. The zero-order valence-corrected chi connectivity index (χ0v) is 21.7. The second-order valence-electron chi connectivity index (χ2n) is 9.13. The van der Waals surface area contributed by atoms with E-state index in [2.05, 4.69) is 26.0 Å². The van der Waals surface area contributed by atoms with Crippen molar-refractivity contribution < 1.29 is 23.7 Å². The molecule has 1 aliphatic heterocycles. The molecule has 6 heteroatoms. The summed E-state index contributed by atoms with van der Waals surface area (Å²) >= 11 is 0. The van der Waals surface area contributed by atoms with Gasteiger partial charge in [-0.2, -0.15) is 0 Å². The highest BCUT2D eigenvalue weighted by Gasteiger charge is 2.34. The molecular formula is C30H35NO5. The predicted molar refractivity (Wildman–Crippen MR) is 141 cm³/mol. The fraction of sp³-hybridized carbons (Fsp3) is 0.367. The molecule has 1 amide bonds. The van der Waals surface area contributed by atoms with Crippen LogP contribution in [0.5, 0.6) is 23.0 Å². The standard InChI is InChI=1S/C30H35NO5/c1-6-35-27-10-8-7-9-24(27)30(32)31-16-15-22-17-28(33-4)29(34-5)18-25(22)26(31)19-36-23-13-11-21(12-14-23)20(2)3/h7-14,17-18,20,26H,6,15-16,19H2,1-5H3. The minimum Gasteiger partial charge on any atom is -0.493 e. The van der Waals surface area contributed by atoms with Gasteiger partial charge in [0, 0.05) is 6.54 Å². The quantitative estimate of drug-likeness (QED) is 0.367. The van der Waals surface area contributed by atoms with Gasteiger partial charge in [0.25, 0.3) is 5.91 Å². The van der Waals surface area contributed by atoms with E-state index in [0.717, 1.165) is 16.9 Å². The van der Waals surface area contributed by atoms with Gasteiger partial charge in [0.1, 0.15) is 18.1 Å². The lowest BCUT2D eigenvalue weighted by Gasteiger charge is -2.38. The van der Waals surface area contributed by atoms with Crippen LogP contribution in [0.3, 0.4) is 0 Å². The second kappa shape index (κ2) is 11.4. The normalized spacial score (nSPS) is 14.8. The molecule has 3 aromatic carbocycles. The Labute approximate surface area is 213 Å². The van der Waals surface area contributed by atoms with Crippen LogP contribution in [-0.4, -0.2) is 44.8 Å². The van der Waals surface area contributed by atoms with Gasteiger partial charge in [0.2, 0.25) is 0 Å². The first-order chi connectivity index (χ1) is 17.5. The lowest BCUT2D eigenvalue weighted by molar-refractivity contribution is 0.0585. The van der Waals surface area contributed by atoms with Crippen LogP contribution in [0.4, 0.5) is 0 Å². The average molecular weight is 490 g/mol. The second-order valence-corrected chi connectivity index (χ2v) is 9.13. The van der Waals surface area contributed by atoms with Gasteiger partial charge in [-0.1, -0.05) is 38.1 Å². The smallest absolute Gasteiger partial charge is 0.258 e. The molecule has 0 saturated heterocycles. The molecule has 0 fully saturated rings. The first kappa shape index (κ1) is 25.4. The SMILES string of the molecule is CCOc1ccccc1C(=O)N1CCc2cc(OC)c(OC)cc2C1COc1ccc(C(C)C)cc1. The van der Waals surface area contributed by atoms with Crippen LogP contribution in [-0.2, 0) is 6.42 Å². The molecule has 6 nitrogen and oxygen atoms in total. The summed E-state index contributed by atoms with van der Waals surface area (Å²) in [6.45, 7) is 7.61. The molecule has 36 heavy (non-hydrogen) atoms. The molecule has 0 radical (unpaired) electrons. The highest BCUT2D eigenvalue weighted by molar-refractivity contribution is 5.97. The number of para-hydroxylation sites is 1. The summed E-state index contributed by atoms with van der Waals surface area (Å²) in [5, 5.41) is 0.